The number of thiophene rings is 1. The molecule has 1 aromatic heterocycles. The smallest absolute Gasteiger partial charge is 0.0540 e. The topological polar surface area (TPSA) is 6.48 Å². The molecule has 0 spiro atoms. The lowest BCUT2D eigenvalue weighted by molar-refractivity contribution is 1.25. The van der Waals surface area contributed by atoms with Crippen molar-refractivity contribution in [1.29, 1.82) is 0 Å². The van der Waals surface area contributed by atoms with E-state index < -0.39 is 0 Å². The van der Waals surface area contributed by atoms with Gasteiger partial charge in [0.25, 0.3) is 0 Å². The van der Waals surface area contributed by atoms with Crippen molar-refractivity contribution in [3.05, 3.63) is 254 Å². The average Bonchev–Trinajstić information content (AvgIpc) is 3.76. The quantitative estimate of drug-likeness (QED) is 0.135. The van der Waals surface area contributed by atoms with E-state index in [9.17, 15) is 0 Å². The number of hydrogen-bond acceptors (Lipinski definition) is 3. The monoisotopic (exact) mass is 850 g/mol. The average molecular weight is 851 g/mol. The van der Waals surface area contributed by atoms with Crippen LogP contribution in [0.25, 0.3) is 64.7 Å². The van der Waals surface area contributed by atoms with Crippen LogP contribution in [0.15, 0.2) is 243 Å². The van der Waals surface area contributed by atoms with E-state index in [-0.39, 0.29) is 0 Å². The third kappa shape index (κ3) is 7.77. The molecule has 1 heterocycles. The summed E-state index contributed by atoms with van der Waals surface area (Å²) in [5.41, 5.74) is 16.5. The van der Waals surface area contributed by atoms with E-state index >= 15 is 0 Å². The van der Waals surface area contributed by atoms with Gasteiger partial charge >= 0.3 is 0 Å². The Kier molecular flexibility index (Phi) is 10.6. The molecule has 0 atom stereocenters. The Hall–Kier alpha value is -7.98. The van der Waals surface area contributed by atoms with Gasteiger partial charge in [0.05, 0.1) is 5.69 Å². The molecular formula is C62H46N2S. The van der Waals surface area contributed by atoms with Gasteiger partial charge in [-0.05, 0) is 130 Å². The molecule has 0 radical (unpaired) electrons. The highest BCUT2D eigenvalue weighted by atomic mass is 32.1. The largest absolute Gasteiger partial charge is 0.310 e. The van der Waals surface area contributed by atoms with Crippen molar-refractivity contribution in [3.8, 4) is 43.1 Å². The Balaban J connectivity index is 1.07. The SMILES string of the molecule is Cc1cc(C)cc(N(c2ccccc2)c2ccc(-c3sc(-c4ccc(N(c5ccc6ccccc6c5)c5cccc6ccccc56)cc4)c(-c4ccccc4)c3-c3ccccc3)cc2)c1. The summed E-state index contributed by atoms with van der Waals surface area (Å²) >= 11 is 1.88. The molecule has 10 aromatic carbocycles. The van der Waals surface area contributed by atoms with Crippen molar-refractivity contribution in [2.24, 2.45) is 0 Å². The van der Waals surface area contributed by atoms with E-state index in [1.807, 2.05) is 11.3 Å². The van der Waals surface area contributed by atoms with Gasteiger partial charge in [0.15, 0.2) is 0 Å². The summed E-state index contributed by atoms with van der Waals surface area (Å²) < 4.78 is 0. The summed E-state index contributed by atoms with van der Waals surface area (Å²) in [6, 6.07) is 88.3. The molecule has 0 unspecified atom stereocenters. The van der Waals surface area contributed by atoms with E-state index in [2.05, 4.69) is 266 Å². The fourth-order valence-corrected chi connectivity index (χ4v) is 10.7. The number of para-hydroxylation sites is 1. The Labute approximate surface area is 385 Å². The van der Waals surface area contributed by atoms with Crippen molar-refractivity contribution < 1.29 is 0 Å². The van der Waals surface area contributed by atoms with Crippen molar-refractivity contribution in [3.63, 3.8) is 0 Å². The Morgan fingerprint density at radius 3 is 1.35 bits per heavy atom. The van der Waals surface area contributed by atoms with Gasteiger partial charge in [-0.25, -0.2) is 0 Å². The first kappa shape index (κ1) is 39.8. The standard InChI is InChI=1S/C62H46N2S/c1-43-39-44(2)41-56(40-43)63(52-25-10-5-11-26-52)53-34-30-49(31-35-53)61-59(47-19-6-3-7-20-47)60(48-21-8-4-9-22-48)62(65-61)50-32-36-54(37-33-50)64(55-38-29-45-17-12-13-23-51(45)42-55)58-28-16-24-46-18-14-15-27-57(46)58/h3-42H,1-2H3. The third-order valence-corrected chi connectivity index (χ3v) is 13.6. The number of benzene rings is 10. The molecular weight excluding hydrogens is 805 g/mol. The van der Waals surface area contributed by atoms with Gasteiger partial charge in [0.2, 0.25) is 0 Å². The maximum absolute atomic E-state index is 2.41. The van der Waals surface area contributed by atoms with Gasteiger partial charge in [0, 0.05) is 54.7 Å². The van der Waals surface area contributed by atoms with E-state index in [1.165, 1.54) is 75.8 Å². The second kappa shape index (κ2) is 17.3. The van der Waals surface area contributed by atoms with E-state index in [1.54, 1.807) is 0 Å². The predicted octanol–water partition coefficient (Wildman–Crippen LogP) is 18.3. The Bertz CT molecular complexity index is 3400. The first-order valence-electron chi connectivity index (χ1n) is 22.2. The molecule has 65 heavy (non-hydrogen) atoms. The fraction of sp³-hybridized carbons (Fsp3) is 0.0323. The maximum Gasteiger partial charge on any atom is 0.0540 e. The molecule has 0 aliphatic heterocycles. The van der Waals surface area contributed by atoms with Crippen LogP contribution < -0.4 is 9.80 Å². The number of anilines is 6. The van der Waals surface area contributed by atoms with Gasteiger partial charge < -0.3 is 9.80 Å². The maximum atomic E-state index is 2.41. The van der Waals surface area contributed by atoms with Crippen LogP contribution in [0.1, 0.15) is 11.1 Å². The van der Waals surface area contributed by atoms with Gasteiger partial charge in [-0.1, -0.05) is 176 Å². The number of hydrogen-bond donors (Lipinski definition) is 0. The van der Waals surface area contributed by atoms with E-state index in [0.717, 1.165) is 34.1 Å². The molecule has 2 nitrogen and oxygen atoms in total. The predicted molar refractivity (Wildman–Crippen MR) is 280 cm³/mol. The van der Waals surface area contributed by atoms with Crippen LogP contribution in [-0.2, 0) is 0 Å². The van der Waals surface area contributed by atoms with Crippen LogP contribution in [0, 0.1) is 13.8 Å². The van der Waals surface area contributed by atoms with Crippen LogP contribution in [0.4, 0.5) is 34.1 Å². The van der Waals surface area contributed by atoms with Crippen molar-refractivity contribution in [2.45, 2.75) is 13.8 Å². The fourth-order valence-electron chi connectivity index (χ4n) is 9.37. The Morgan fingerprint density at radius 2 is 0.754 bits per heavy atom. The molecule has 0 fully saturated rings. The zero-order valence-electron chi connectivity index (χ0n) is 36.4. The van der Waals surface area contributed by atoms with Gasteiger partial charge in [-0.2, -0.15) is 0 Å². The second-order valence-electron chi connectivity index (χ2n) is 16.7. The lowest BCUT2D eigenvalue weighted by atomic mass is 9.91. The van der Waals surface area contributed by atoms with Crippen LogP contribution in [-0.4, -0.2) is 0 Å². The second-order valence-corrected chi connectivity index (χ2v) is 17.7. The molecule has 0 amide bonds. The minimum Gasteiger partial charge on any atom is -0.310 e. The van der Waals surface area contributed by atoms with Crippen molar-refractivity contribution in [1.82, 2.24) is 0 Å². The van der Waals surface area contributed by atoms with Crippen LogP contribution in [0.5, 0.6) is 0 Å². The minimum absolute atomic E-state index is 1.10. The normalized spacial score (nSPS) is 11.2. The number of aryl methyl sites for hydroxylation is 2. The molecule has 310 valence electrons. The molecule has 3 heteroatoms. The van der Waals surface area contributed by atoms with Gasteiger partial charge in [-0.15, -0.1) is 11.3 Å². The van der Waals surface area contributed by atoms with E-state index in [0.29, 0.717) is 0 Å². The highest BCUT2D eigenvalue weighted by Gasteiger charge is 2.25. The molecule has 0 bridgehead atoms. The lowest BCUT2D eigenvalue weighted by Crippen LogP contribution is -2.10. The minimum atomic E-state index is 1.10. The van der Waals surface area contributed by atoms with Crippen molar-refractivity contribution in [2.75, 3.05) is 9.80 Å². The summed E-state index contributed by atoms with van der Waals surface area (Å²) in [4.78, 5) is 7.25. The van der Waals surface area contributed by atoms with Crippen LogP contribution in [0.3, 0.4) is 0 Å². The molecule has 0 aliphatic rings. The number of rotatable bonds is 10. The number of fused-ring (bicyclic) bond motifs is 2. The van der Waals surface area contributed by atoms with Crippen molar-refractivity contribution >= 4 is 67.0 Å². The van der Waals surface area contributed by atoms with E-state index in [4.69, 9.17) is 0 Å². The summed E-state index contributed by atoms with van der Waals surface area (Å²) in [6.45, 7) is 4.35. The molecule has 0 aliphatic carbocycles. The third-order valence-electron chi connectivity index (χ3n) is 12.3. The van der Waals surface area contributed by atoms with Crippen LogP contribution in [0.2, 0.25) is 0 Å². The Morgan fingerprint density at radius 1 is 0.292 bits per heavy atom. The summed E-state index contributed by atoms with van der Waals surface area (Å²) in [6.07, 6.45) is 0. The first-order valence-corrected chi connectivity index (χ1v) is 23.1. The zero-order valence-corrected chi connectivity index (χ0v) is 37.2. The summed E-state index contributed by atoms with van der Waals surface area (Å²) in [5.74, 6) is 0. The molecule has 11 aromatic rings. The highest BCUT2D eigenvalue weighted by molar-refractivity contribution is 7.20. The molecule has 0 saturated heterocycles. The zero-order chi connectivity index (χ0) is 43.7. The first-order chi connectivity index (χ1) is 32.1. The van der Waals surface area contributed by atoms with Crippen LogP contribution >= 0.6 is 11.3 Å². The number of nitrogens with zero attached hydrogens (tertiary/aromatic N) is 2. The van der Waals surface area contributed by atoms with Gasteiger partial charge in [-0.3, -0.25) is 0 Å². The summed E-state index contributed by atoms with van der Waals surface area (Å²) in [7, 11) is 0. The highest BCUT2D eigenvalue weighted by Crippen LogP contribution is 2.53. The molecule has 0 N–H and O–H groups in total. The lowest BCUT2D eigenvalue weighted by Gasteiger charge is -2.27. The molecule has 0 saturated carbocycles. The summed E-state index contributed by atoms with van der Waals surface area (Å²) in [5, 5.41) is 4.86. The molecule has 11 rings (SSSR count). The van der Waals surface area contributed by atoms with Gasteiger partial charge in [0.1, 0.15) is 0 Å².